The lowest BCUT2D eigenvalue weighted by Crippen LogP contribution is -2.36. The third-order valence-corrected chi connectivity index (χ3v) is 4.17. The first-order valence-corrected chi connectivity index (χ1v) is 7.46. The second kappa shape index (κ2) is 7.66. The predicted octanol–water partition coefficient (Wildman–Crippen LogP) is 3.80. The van der Waals surface area contributed by atoms with Crippen LogP contribution in [0.15, 0.2) is 24.3 Å². The van der Waals surface area contributed by atoms with Crippen LogP contribution < -0.4 is 5.32 Å². The molecule has 1 N–H and O–H groups in total. The Morgan fingerprint density at radius 3 is 2.00 bits per heavy atom. The van der Waals surface area contributed by atoms with Crippen LogP contribution >= 0.6 is 0 Å². The summed E-state index contributed by atoms with van der Waals surface area (Å²) in [7, 11) is 4.26. The van der Waals surface area contributed by atoms with Gasteiger partial charge in [-0.3, -0.25) is 0 Å². The lowest BCUT2D eigenvalue weighted by molar-refractivity contribution is 0.228. The highest BCUT2D eigenvalue weighted by Gasteiger charge is 2.15. The molecule has 108 valence electrons. The normalized spacial score (nSPS) is 14.9. The van der Waals surface area contributed by atoms with Gasteiger partial charge in [-0.05, 0) is 44.5 Å². The standard InChI is InChI=1S/C17H30N2/c1-7-14(4)19(6)12-17(18-5)16-10-8-15(9-11-16)13(2)3/h8-11,13-14,17-18H,7,12H2,1-6H3. The number of benzene rings is 1. The van der Waals surface area contributed by atoms with Crippen molar-refractivity contribution in [2.24, 2.45) is 0 Å². The second-order valence-corrected chi connectivity index (χ2v) is 5.86. The minimum absolute atomic E-state index is 0.403. The number of nitrogens with one attached hydrogen (secondary N) is 1. The molecule has 1 aromatic carbocycles. The maximum absolute atomic E-state index is 3.44. The van der Waals surface area contributed by atoms with Crippen molar-refractivity contribution in [3.63, 3.8) is 0 Å². The van der Waals surface area contributed by atoms with Crippen LogP contribution in [0.1, 0.15) is 57.2 Å². The molecule has 0 radical (unpaired) electrons. The highest BCUT2D eigenvalue weighted by atomic mass is 15.1. The summed E-state index contributed by atoms with van der Waals surface area (Å²) < 4.78 is 0. The van der Waals surface area contributed by atoms with Crippen LogP contribution in [0.3, 0.4) is 0 Å². The zero-order valence-electron chi connectivity index (χ0n) is 13.4. The summed E-state index contributed by atoms with van der Waals surface area (Å²) in [5.74, 6) is 0.602. The van der Waals surface area contributed by atoms with Gasteiger partial charge in [0.25, 0.3) is 0 Å². The van der Waals surface area contributed by atoms with Crippen LogP contribution in [0.2, 0.25) is 0 Å². The van der Waals surface area contributed by atoms with Crippen molar-refractivity contribution in [3.05, 3.63) is 35.4 Å². The molecule has 0 spiro atoms. The van der Waals surface area contributed by atoms with Crippen molar-refractivity contribution in [3.8, 4) is 0 Å². The summed E-state index contributed by atoms with van der Waals surface area (Å²) in [5.41, 5.74) is 2.79. The topological polar surface area (TPSA) is 15.3 Å². The predicted molar refractivity (Wildman–Crippen MR) is 84.7 cm³/mol. The van der Waals surface area contributed by atoms with Crippen molar-refractivity contribution in [1.82, 2.24) is 10.2 Å². The molecular formula is C17H30N2. The first kappa shape index (κ1) is 16.2. The van der Waals surface area contributed by atoms with Gasteiger partial charge in [-0.15, -0.1) is 0 Å². The van der Waals surface area contributed by atoms with Crippen molar-refractivity contribution >= 4 is 0 Å². The van der Waals surface area contributed by atoms with Crippen molar-refractivity contribution in [2.75, 3.05) is 20.6 Å². The number of rotatable bonds is 7. The van der Waals surface area contributed by atoms with Gasteiger partial charge in [0.1, 0.15) is 0 Å². The maximum atomic E-state index is 3.44. The van der Waals surface area contributed by atoms with E-state index in [1.807, 2.05) is 7.05 Å². The Hall–Kier alpha value is -0.860. The SMILES string of the molecule is CCC(C)N(C)CC(NC)c1ccc(C(C)C)cc1. The molecule has 0 saturated carbocycles. The summed E-state index contributed by atoms with van der Waals surface area (Å²) in [4.78, 5) is 2.43. The molecule has 0 heterocycles. The molecule has 0 bridgehead atoms. The molecule has 0 amide bonds. The zero-order chi connectivity index (χ0) is 14.4. The van der Waals surface area contributed by atoms with Gasteiger partial charge in [-0.2, -0.15) is 0 Å². The minimum atomic E-state index is 0.403. The van der Waals surface area contributed by atoms with Gasteiger partial charge in [-0.1, -0.05) is 45.0 Å². The van der Waals surface area contributed by atoms with E-state index in [-0.39, 0.29) is 0 Å². The molecule has 0 aromatic heterocycles. The highest BCUT2D eigenvalue weighted by Crippen LogP contribution is 2.19. The average molecular weight is 262 g/mol. The smallest absolute Gasteiger partial charge is 0.0446 e. The Labute approximate surface area is 119 Å². The van der Waals surface area contributed by atoms with Gasteiger partial charge in [0, 0.05) is 18.6 Å². The molecule has 1 aromatic rings. The quantitative estimate of drug-likeness (QED) is 0.804. The summed E-state index contributed by atoms with van der Waals surface area (Å²) in [5, 5.41) is 3.44. The fourth-order valence-electron chi connectivity index (χ4n) is 2.26. The Bertz CT molecular complexity index is 356. The van der Waals surface area contributed by atoms with Crippen LogP contribution in [-0.2, 0) is 0 Å². The Kier molecular flexibility index (Phi) is 6.53. The first-order chi connectivity index (χ1) is 8.99. The summed E-state index contributed by atoms with van der Waals surface area (Å²) in [6, 6.07) is 10.1. The van der Waals surface area contributed by atoms with Gasteiger partial charge in [0.15, 0.2) is 0 Å². The third kappa shape index (κ3) is 4.63. The zero-order valence-corrected chi connectivity index (χ0v) is 13.4. The van der Waals surface area contributed by atoms with E-state index in [1.165, 1.54) is 17.5 Å². The molecule has 0 aliphatic heterocycles. The van der Waals surface area contributed by atoms with E-state index in [9.17, 15) is 0 Å². The van der Waals surface area contributed by atoms with E-state index in [1.54, 1.807) is 0 Å². The third-order valence-electron chi connectivity index (χ3n) is 4.17. The van der Waals surface area contributed by atoms with E-state index in [0.29, 0.717) is 18.0 Å². The fraction of sp³-hybridized carbons (Fsp3) is 0.647. The number of hydrogen-bond donors (Lipinski definition) is 1. The van der Waals surface area contributed by atoms with E-state index in [0.717, 1.165) is 6.54 Å². The molecule has 0 aliphatic carbocycles. The number of likely N-dealkylation sites (N-methyl/N-ethyl adjacent to an activating group) is 2. The number of hydrogen-bond acceptors (Lipinski definition) is 2. The van der Waals surface area contributed by atoms with Crippen LogP contribution in [0, 0.1) is 0 Å². The first-order valence-electron chi connectivity index (χ1n) is 7.46. The highest BCUT2D eigenvalue weighted by molar-refractivity contribution is 5.27. The Morgan fingerprint density at radius 1 is 1.05 bits per heavy atom. The van der Waals surface area contributed by atoms with Crippen molar-refractivity contribution in [1.29, 1.82) is 0 Å². The van der Waals surface area contributed by atoms with Crippen LogP contribution in [0.4, 0.5) is 0 Å². The molecular weight excluding hydrogens is 232 g/mol. The molecule has 0 saturated heterocycles. The van der Waals surface area contributed by atoms with E-state index in [4.69, 9.17) is 0 Å². The molecule has 19 heavy (non-hydrogen) atoms. The lowest BCUT2D eigenvalue weighted by atomic mass is 9.98. The molecule has 2 atom stereocenters. The molecule has 0 fully saturated rings. The summed E-state index contributed by atoms with van der Waals surface area (Å²) >= 11 is 0. The van der Waals surface area contributed by atoms with Gasteiger partial charge >= 0.3 is 0 Å². The largest absolute Gasteiger partial charge is 0.312 e. The second-order valence-electron chi connectivity index (χ2n) is 5.86. The van der Waals surface area contributed by atoms with Crippen LogP contribution in [0.5, 0.6) is 0 Å². The average Bonchev–Trinajstić information content (AvgIpc) is 2.43. The fourth-order valence-corrected chi connectivity index (χ4v) is 2.26. The van der Waals surface area contributed by atoms with Gasteiger partial charge < -0.3 is 10.2 Å². The van der Waals surface area contributed by atoms with Crippen molar-refractivity contribution in [2.45, 2.75) is 52.1 Å². The summed E-state index contributed by atoms with van der Waals surface area (Å²) in [6.07, 6.45) is 1.19. The van der Waals surface area contributed by atoms with Crippen LogP contribution in [-0.4, -0.2) is 31.6 Å². The van der Waals surface area contributed by atoms with Gasteiger partial charge in [0.2, 0.25) is 0 Å². The molecule has 2 unspecified atom stereocenters. The Morgan fingerprint density at radius 2 is 1.58 bits per heavy atom. The van der Waals surface area contributed by atoms with Crippen LogP contribution in [0.25, 0.3) is 0 Å². The van der Waals surface area contributed by atoms with Gasteiger partial charge in [0.05, 0.1) is 0 Å². The molecule has 2 heteroatoms. The molecule has 1 rings (SSSR count). The minimum Gasteiger partial charge on any atom is -0.312 e. The summed E-state index contributed by atoms with van der Waals surface area (Å²) in [6.45, 7) is 10.1. The molecule has 2 nitrogen and oxygen atoms in total. The molecule has 0 aliphatic rings. The van der Waals surface area contributed by atoms with E-state index >= 15 is 0 Å². The van der Waals surface area contributed by atoms with Gasteiger partial charge in [-0.25, -0.2) is 0 Å². The van der Waals surface area contributed by atoms with E-state index < -0.39 is 0 Å². The van der Waals surface area contributed by atoms with E-state index in [2.05, 4.69) is 69.2 Å². The maximum Gasteiger partial charge on any atom is 0.0446 e. The number of nitrogens with zero attached hydrogens (tertiary/aromatic N) is 1. The monoisotopic (exact) mass is 262 g/mol. The lowest BCUT2D eigenvalue weighted by Gasteiger charge is -2.28. The van der Waals surface area contributed by atoms with Crippen molar-refractivity contribution < 1.29 is 0 Å². The Balaban J connectivity index is 2.74.